The maximum atomic E-state index is 5.87. The molecule has 0 atom stereocenters. The first-order chi connectivity index (χ1) is 11.0. The number of halogens is 2. The second kappa shape index (κ2) is 6.69. The van der Waals surface area contributed by atoms with Crippen molar-refractivity contribution in [2.45, 2.75) is 26.7 Å². The van der Waals surface area contributed by atoms with Gasteiger partial charge in [-0.3, -0.25) is 4.98 Å². The van der Waals surface area contributed by atoms with E-state index in [2.05, 4.69) is 55.2 Å². The molecular formula is C17H18Br2N2O2. The highest BCUT2D eigenvalue weighted by Crippen LogP contribution is 2.43. The highest BCUT2D eigenvalue weighted by atomic mass is 79.9. The van der Waals surface area contributed by atoms with E-state index in [-0.39, 0.29) is 0 Å². The minimum Gasteiger partial charge on any atom is -0.495 e. The Bertz CT molecular complexity index is 763. The molecule has 122 valence electrons. The molecule has 6 heteroatoms. The molecule has 1 aliphatic rings. The molecule has 1 aromatic heterocycles. The lowest BCUT2D eigenvalue weighted by atomic mass is 10.1. The van der Waals surface area contributed by atoms with E-state index in [1.54, 1.807) is 7.11 Å². The third kappa shape index (κ3) is 3.06. The molecule has 0 saturated heterocycles. The fraction of sp³-hybridized carbons (Fsp3) is 0.353. The number of fused-ring (bicyclic) bond motifs is 1. The van der Waals surface area contributed by atoms with Crippen LogP contribution in [-0.2, 0) is 6.42 Å². The van der Waals surface area contributed by atoms with Gasteiger partial charge in [-0.05, 0) is 70.2 Å². The van der Waals surface area contributed by atoms with Crippen LogP contribution in [0.3, 0.4) is 0 Å². The van der Waals surface area contributed by atoms with Crippen LogP contribution in [0.2, 0.25) is 0 Å². The predicted molar refractivity (Wildman–Crippen MR) is 99.2 cm³/mol. The summed E-state index contributed by atoms with van der Waals surface area (Å²) < 4.78 is 13.2. The highest BCUT2D eigenvalue weighted by molar-refractivity contribution is 9.11. The zero-order valence-electron chi connectivity index (χ0n) is 13.3. The lowest BCUT2D eigenvalue weighted by Gasteiger charge is -2.23. The van der Waals surface area contributed by atoms with Gasteiger partial charge < -0.3 is 14.8 Å². The van der Waals surface area contributed by atoms with Crippen molar-refractivity contribution in [2.24, 2.45) is 0 Å². The molecule has 3 rings (SSSR count). The van der Waals surface area contributed by atoms with Crippen molar-refractivity contribution in [3.63, 3.8) is 0 Å². The van der Waals surface area contributed by atoms with Crippen LogP contribution in [0.15, 0.2) is 21.2 Å². The maximum absolute atomic E-state index is 5.87. The van der Waals surface area contributed by atoms with Crippen LogP contribution in [0.1, 0.15) is 23.2 Å². The Morgan fingerprint density at radius 1 is 1.22 bits per heavy atom. The number of nitrogens with zero attached hydrogens (tertiary/aromatic N) is 1. The van der Waals surface area contributed by atoms with Gasteiger partial charge in [0.1, 0.15) is 5.75 Å². The van der Waals surface area contributed by atoms with E-state index in [1.807, 2.05) is 13.1 Å². The molecule has 0 aliphatic carbocycles. The van der Waals surface area contributed by atoms with Gasteiger partial charge >= 0.3 is 0 Å². The van der Waals surface area contributed by atoms with Crippen molar-refractivity contribution < 1.29 is 9.47 Å². The normalized spacial score (nSPS) is 13.3. The fourth-order valence-corrected chi connectivity index (χ4v) is 4.04. The number of rotatable bonds is 3. The molecule has 0 amide bonds. The van der Waals surface area contributed by atoms with Crippen LogP contribution in [0.25, 0.3) is 0 Å². The monoisotopic (exact) mass is 440 g/mol. The van der Waals surface area contributed by atoms with Gasteiger partial charge in [-0.2, -0.15) is 0 Å². The first kappa shape index (κ1) is 16.6. The highest BCUT2D eigenvalue weighted by Gasteiger charge is 2.21. The molecule has 2 aromatic rings. The smallest absolute Gasteiger partial charge is 0.165 e. The van der Waals surface area contributed by atoms with Crippen molar-refractivity contribution in [1.82, 2.24) is 4.98 Å². The average molecular weight is 442 g/mol. The van der Waals surface area contributed by atoms with Gasteiger partial charge in [-0.25, -0.2) is 0 Å². The average Bonchev–Trinajstić information content (AvgIpc) is 2.53. The molecule has 0 spiro atoms. The SMILES string of the molecule is COc1c(Br)cc(C)c(Nc2c(Br)cnc3c2OCCC3)c1C. The molecule has 0 radical (unpaired) electrons. The van der Waals surface area contributed by atoms with E-state index in [4.69, 9.17) is 9.47 Å². The van der Waals surface area contributed by atoms with Crippen molar-refractivity contribution in [2.75, 3.05) is 19.0 Å². The summed E-state index contributed by atoms with van der Waals surface area (Å²) >= 11 is 7.14. The number of hydrogen-bond acceptors (Lipinski definition) is 4. The molecule has 23 heavy (non-hydrogen) atoms. The van der Waals surface area contributed by atoms with Crippen LogP contribution in [-0.4, -0.2) is 18.7 Å². The Morgan fingerprint density at radius 2 is 2.00 bits per heavy atom. The molecule has 1 aromatic carbocycles. The second-order valence-corrected chi connectivity index (χ2v) is 7.25. The Hall–Kier alpha value is -1.27. The summed E-state index contributed by atoms with van der Waals surface area (Å²) in [7, 11) is 1.68. The molecule has 0 unspecified atom stereocenters. The van der Waals surface area contributed by atoms with Crippen LogP contribution in [0.4, 0.5) is 11.4 Å². The summed E-state index contributed by atoms with van der Waals surface area (Å²) in [4.78, 5) is 4.47. The number of nitrogens with one attached hydrogen (secondary N) is 1. The van der Waals surface area contributed by atoms with E-state index in [9.17, 15) is 0 Å². The van der Waals surface area contributed by atoms with E-state index in [0.29, 0.717) is 0 Å². The minimum atomic E-state index is 0.724. The topological polar surface area (TPSA) is 43.4 Å². The molecule has 1 N–H and O–H groups in total. The Labute approximate surface area is 152 Å². The lowest BCUT2D eigenvalue weighted by molar-refractivity contribution is 0.286. The Balaban J connectivity index is 2.10. The standard InChI is InChI=1S/C17H18Br2N2O2/c1-9-7-11(18)16(22-3)10(2)14(9)21-15-12(19)8-20-13-5-4-6-23-17(13)15/h7-8H,4-6H2,1-3H3,(H,20,21). The molecular weight excluding hydrogens is 424 g/mol. The summed E-state index contributed by atoms with van der Waals surface area (Å²) in [6.07, 6.45) is 3.78. The summed E-state index contributed by atoms with van der Waals surface area (Å²) in [5, 5.41) is 3.53. The van der Waals surface area contributed by atoms with Gasteiger partial charge in [-0.15, -0.1) is 0 Å². The Kier molecular flexibility index (Phi) is 4.82. The Morgan fingerprint density at radius 3 is 2.74 bits per heavy atom. The van der Waals surface area contributed by atoms with Crippen molar-refractivity contribution in [3.8, 4) is 11.5 Å². The van der Waals surface area contributed by atoms with Gasteiger partial charge in [-0.1, -0.05) is 0 Å². The molecule has 2 heterocycles. The molecule has 1 aliphatic heterocycles. The number of benzene rings is 1. The molecule has 4 nitrogen and oxygen atoms in total. The van der Waals surface area contributed by atoms with E-state index >= 15 is 0 Å². The van der Waals surface area contributed by atoms with E-state index in [1.165, 1.54) is 0 Å². The van der Waals surface area contributed by atoms with E-state index in [0.717, 1.165) is 68.1 Å². The van der Waals surface area contributed by atoms with Gasteiger partial charge in [0.05, 0.1) is 34.0 Å². The van der Waals surface area contributed by atoms with Crippen LogP contribution in [0.5, 0.6) is 11.5 Å². The predicted octanol–water partition coefficient (Wildman–Crippen LogP) is 5.30. The quantitative estimate of drug-likeness (QED) is 0.701. The zero-order chi connectivity index (χ0) is 16.6. The van der Waals surface area contributed by atoms with E-state index < -0.39 is 0 Å². The van der Waals surface area contributed by atoms with Crippen molar-refractivity contribution >= 4 is 43.2 Å². The van der Waals surface area contributed by atoms with Crippen molar-refractivity contribution in [1.29, 1.82) is 0 Å². The number of aromatic nitrogens is 1. The van der Waals surface area contributed by atoms with Crippen LogP contribution >= 0.6 is 31.9 Å². The van der Waals surface area contributed by atoms with Gasteiger partial charge in [0.15, 0.2) is 5.75 Å². The number of methoxy groups -OCH3 is 1. The third-order valence-corrected chi connectivity index (χ3v) is 5.18. The first-order valence-electron chi connectivity index (χ1n) is 7.43. The second-order valence-electron chi connectivity index (χ2n) is 5.54. The van der Waals surface area contributed by atoms with Crippen LogP contribution in [0, 0.1) is 13.8 Å². The largest absolute Gasteiger partial charge is 0.495 e. The zero-order valence-corrected chi connectivity index (χ0v) is 16.5. The number of anilines is 2. The summed E-state index contributed by atoms with van der Waals surface area (Å²) in [5.41, 5.74) is 5.12. The summed E-state index contributed by atoms with van der Waals surface area (Å²) in [5.74, 6) is 1.67. The maximum Gasteiger partial charge on any atom is 0.165 e. The number of hydrogen-bond donors (Lipinski definition) is 1. The number of ether oxygens (including phenoxy) is 2. The lowest BCUT2D eigenvalue weighted by Crippen LogP contribution is -2.12. The first-order valence-corrected chi connectivity index (χ1v) is 9.02. The van der Waals surface area contributed by atoms with Gasteiger partial charge in [0.25, 0.3) is 0 Å². The molecule has 0 fully saturated rings. The number of pyridine rings is 1. The minimum absolute atomic E-state index is 0.724. The van der Waals surface area contributed by atoms with Crippen molar-refractivity contribution in [3.05, 3.63) is 38.0 Å². The van der Waals surface area contributed by atoms with Gasteiger partial charge in [0.2, 0.25) is 0 Å². The van der Waals surface area contributed by atoms with Gasteiger partial charge in [0, 0.05) is 17.4 Å². The number of aryl methyl sites for hydroxylation is 2. The third-order valence-electron chi connectivity index (χ3n) is 3.99. The fourth-order valence-electron chi connectivity index (χ4n) is 2.86. The summed E-state index contributed by atoms with van der Waals surface area (Å²) in [6, 6.07) is 2.05. The molecule has 0 bridgehead atoms. The summed E-state index contributed by atoms with van der Waals surface area (Å²) in [6.45, 7) is 4.84. The van der Waals surface area contributed by atoms with Crippen LogP contribution < -0.4 is 14.8 Å². The molecule has 0 saturated carbocycles.